The third-order valence-corrected chi connectivity index (χ3v) is 8.76. The molecule has 12 nitrogen and oxygen atoms in total. The van der Waals surface area contributed by atoms with Crippen LogP contribution in [0.15, 0.2) is 41.2 Å². The van der Waals surface area contributed by atoms with Crippen LogP contribution in [-0.2, 0) is 23.1 Å². The highest BCUT2D eigenvalue weighted by molar-refractivity contribution is 5.94. The number of aryl methyl sites for hydroxylation is 2. The highest BCUT2D eigenvalue weighted by Gasteiger charge is 2.54. The molecule has 1 unspecified atom stereocenters. The topological polar surface area (TPSA) is 204 Å². The largest absolute Gasteiger partial charge is 0.366 e. The van der Waals surface area contributed by atoms with E-state index < -0.39 is 22.9 Å². The van der Waals surface area contributed by atoms with E-state index >= 15 is 0 Å². The summed E-state index contributed by atoms with van der Waals surface area (Å²) in [5, 5.41) is 19.6. The number of benzene rings is 2. The van der Waals surface area contributed by atoms with Crippen molar-refractivity contribution in [1.29, 1.82) is 5.26 Å². The molecule has 3 aromatic rings. The van der Waals surface area contributed by atoms with Crippen molar-refractivity contribution < 1.29 is 14.4 Å². The first-order valence-electron chi connectivity index (χ1n) is 13.7. The maximum atomic E-state index is 13.1. The number of hydrogen-bond acceptors (Lipinski definition) is 7. The van der Waals surface area contributed by atoms with Crippen LogP contribution < -0.4 is 22.5 Å². The van der Waals surface area contributed by atoms with Gasteiger partial charge in [0.25, 0.3) is 0 Å². The van der Waals surface area contributed by atoms with Crippen LogP contribution in [0.25, 0.3) is 0 Å². The second-order valence-corrected chi connectivity index (χ2v) is 11.1. The molecule has 41 heavy (non-hydrogen) atoms. The van der Waals surface area contributed by atoms with Crippen LogP contribution in [0.3, 0.4) is 0 Å². The Morgan fingerprint density at radius 1 is 1.05 bits per heavy atom. The van der Waals surface area contributed by atoms with Gasteiger partial charge in [-0.1, -0.05) is 12.1 Å². The molecule has 1 saturated carbocycles. The molecule has 1 aliphatic heterocycles. The lowest BCUT2D eigenvalue weighted by molar-refractivity contribution is -0.131. The highest BCUT2D eigenvalue weighted by Crippen LogP contribution is 2.48. The molecular formula is C29H30N8O4. The summed E-state index contributed by atoms with van der Waals surface area (Å²) in [6.45, 7) is 0.420. The van der Waals surface area contributed by atoms with Gasteiger partial charge in [-0.2, -0.15) is 10.4 Å². The molecule has 2 aromatic carbocycles. The van der Waals surface area contributed by atoms with Crippen LogP contribution >= 0.6 is 0 Å². The minimum absolute atomic E-state index is 0.0650. The second kappa shape index (κ2) is 10.0. The van der Waals surface area contributed by atoms with Gasteiger partial charge in [-0.25, -0.2) is 9.89 Å². The Morgan fingerprint density at radius 3 is 2.22 bits per heavy atom. The lowest BCUT2D eigenvalue weighted by Crippen LogP contribution is -2.44. The molecule has 0 bridgehead atoms. The maximum Gasteiger partial charge on any atom is 0.340 e. The number of primary amides is 2. The Morgan fingerprint density at radius 2 is 1.68 bits per heavy atom. The Hall–Kier alpha value is -4.76. The number of carbonyl (C=O) groups is 3. The molecule has 0 radical (unpaired) electrons. The number of aromatic amines is 2. The van der Waals surface area contributed by atoms with E-state index in [0.717, 1.165) is 35.1 Å². The molecule has 7 N–H and O–H groups in total. The van der Waals surface area contributed by atoms with Gasteiger partial charge in [0.15, 0.2) is 0 Å². The van der Waals surface area contributed by atoms with Crippen molar-refractivity contribution in [3.05, 3.63) is 86.1 Å². The first-order valence-corrected chi connectivity index (χ1v) is 13.7. The molecule has 3 atom stereocenters. The summed E-state index contributed by atoms with van der Waals surface area (Å²) < 4.78 is 0. The standard InChI is InChI=1S/C29H30N8O4/c30-13-20-11-19-12-23(19)37(20)24(38)14-33-8-7-29(27-34-28(41)36-35-27)21-5-3-17(25(31)39)9-15(21)1-2-16-10-18(26(32)40)4-6-22(16)29/h3-6,9-10,19-20,23,33H,1-2,7-8,11-12,14H2,(H2,31,39)(H2,32,40)(H2,34,35,36,41)/t19-,20?,23+/m1/s1. The predicted molar refractivity (Wildman–Crippen MR) is 147 cm³/mol. The monoisotopic (exact) mass is 554 g/mol. The molecule has 12 heteroatoms. The number of nitrogens with one attached hydrogen (secondary N) is 3. The van der Waals surface area contributed by atoms with Crippen molar-refractivity contribution >= 4 is 17.7 Å². The summed E-state index contributed by atoms with van der Waals surface area (Å²) in [4.78, 5) is 54.1. The Bertz CT molecular complexity index is 1600. The molecule has 0 spiro atoms. The third-order valence-electron chi connectivity index (χ3n) is 8.76. The van der Waals surface area contributed by atoms with Crippen molar-refractivity contribution in [2.45, 2.75) is 49.6 Å². The van der Waals surface area contributed by atoms with Crippen molar-refractivity contribution in [2.75, 3.05) is 13.1 Å². The van der Waals surface area contributed by atoms with E-state index in [-0.39, 0.29) is 24.5 Å². The van der Waals surface area contributed by atoms with E-state index in [0.29, 0.717) is 48.7 Å². The summed E-state index contributed by atoms with van der Waals surface area (Å²) in [5.41, 5.74) is 13.8. The SMILES string of the molecule is N#CC1C[C@@H]2C[C@@H]2N1C(=O)CNCCC1(c2n[nH]c(=O)[nH]2)c2ccc(C(N)=O)cc2CCc2cc(C(N)=O)ccc21. The molecule has 2 fully saturated rings. The highest BCUT2D eigenvalue weighted by atomic mass is 16.2. The molecule has 2 aliphatic carbocycles. The van der Waals surface area contributed by atoms with Crippen LogP contribution in [0.4, 0.5) is 0 Å². The van der Waals surface area contributed by atoms with Crippen LogP contribution in [0.2, 0.25) is 0 Å². The zero-order valence-electron chi connectivity index (χ0n) is 22.3. The van der Waals surface area contributed by atoms with E-state index in [1.807, 2.05) is 12.1 Å². The minimum Gasteiger partial charge on any atom is -0.366 e. The number of H-pyrrole nitrogens is 2. The molecule has 2 heterocycles. The zero-order valence-corrected chi connectivity index (χ0v) is 22.3. The maximum absolute atomic E-state index is 13.1. The second-order valence-electron chi connectivity index (χ2n) is 11.1. The molecule has 3 amide bonds. The van der Waals surface area contributed by atoms with Crippen molar-refractivity contribution in [3.8, 4) is 6.07 Å². The average Bonchev–Trinajstić information content (AvgIpc) is 3.45. The fourth-order valence-corrected chi connectivity index (χ4v) is 6.76. The summed E-state index contributed by atoms with van der Waals surface area (Å²) in [7, 11) is 0. The van der Waals surface area contributed by atoms with Gasteiger partial charge in [0.05, 0.1) is 18.0 Å². The molecule has 3 aliphatic rings. The number of hydrogen-bond donors (Lipinski definition) is 5. The van der Waals surface area contributed by atoms with E-state index in [1.165, 1.54) is 0 Å². The average molecular weight is 555 g/mol. The van der Waals surface area contributed by atoms with Crippen LogP contribution in [0.5, 0.6) is 0 Å². The molecule has 6 rings (SSSR count). The van der Waals surface area contributed by atoms with Gasteiger partial charge in [-0.3, -0.25) is 19.4 Å². The molecule has 210 valence electrons. The number of amides is 3. The third kappa shape index (κ3) is 4.48. The van der Waals surface area contributed by atoms with Crippen molar-refractivity contribution in [1.82, 2.24) is 25.4 Å². The number of nitrogens with two attached hydrogens (primary N) is 2. The van der Waals surface area contributed by atoms with Crippen molar-refractivity contribution in [2.24, 2.45) is 17.4 Å². The summed E-state index contributed by atoms with van der Waals surface area (Å²) >= 11 is 0. The number of piperidine rings is 1. The number of rotatable bonds is 8. The van der Waals surface area contributed by atoms with Gasteiger partial charge >= 0.3 is 5.69 Å². The van der Waals surface area contributed by atoms with Crippen LogP contribution in [-0.4, -0.2) is 63.0 Å². The summed E-state index contributed by atoms with van der Waals surface area (Å²) in [6, 6.07) is 12.5. The normalized spacial score (nSPS) is 21.6. The van der Waals surface area contributed by atoms with E-state index in [2.05, 4.69) is 26.6 Å². The lowest BCUT2D eigenvalue weighted by atomic mass is 9.69. The number of aromatic nitrogens is 3. The summed E-state index contributed by atoms with van der Waals surface area (Å²) in [6.07, 6.45) is 3.15. The Labute approximate surface area is 235 Å². The van der Waals surface area contributed by atoms with Gasteiger partial charge in [0.2, 0.25) is 17.7 Å². The predicted octanol–water partition coefficient (Wildman–Crippen LogP) is 0.221. The van der Waals surface area contributed by atoms with Crippen LogP contribution in [0.1, 0.15) is 68.1 Å². The van der Waals surface area contributed by atoms with E-state index in [9.17, 15) is 24.4 Å². The minimum atomic E-state index is -1.01. The van der Waals surface area contributed by atoms with Gasteiger partial charge < -0.3 is 21.7 Å². The fourth-order valence-electron chi connectivity index (χ4n) is 6.76. The van der Waals surface area contributed by atoms with Crippen molar-refractivity contribution in [3.63, 3.8) is 0 Å². The Kier molecular flexibility index (Phi) is 6.46. The summed E-state index contributed by atoms with van der Waals surface area (Å²) in [5.74, 6) is -0.427. The molecular weight excluding hydrogens is 524 g/mol. The first-order chi connectivity index (χ1) is 19.7. The number of nitrogens with zero attached hydrogens (tertiary/aromatic N) is 3. The fraction of sp³-hybridized carbons (Fsp3) is 0.379. The van der Waals surface area contributed by atoms with Gasteiger partial charge in [-0.15, -0.1) is 0 Å². The number of nitriles is 1. The number of fused-ring (bicyclic) bond motifs is 3. The van der Waals surface area contributed by atoms with E-state index in [1.54, 1.807) is 29.2 Å². The zero-order chi connectivity index (χ0) is 28.9. The van der Waals surface area contributed by atoms with Gasteiger partial charge in [0, 0.05) is 17.2 Å². The first kappa shape index (κ1) is 26.5. The van der Waals surface area contributed by atoms with Gasteiger partial charge in [0.1, 0.15) is 11.9 Å². The quantitative estimate of drug-likeness (QED) is 0.245. The molecule has 1 saturated heterocycles. The lowest BCUT2D eigenvalue weighted by Gasteiger charge is -2.35. The molecule has 1 aromatic heterocycles. The van der Waals surface area contributed by atoms with Crippen LogP contribution in [0, 0.1) is 17.2 Å². The Balaban J connectivity index is 1.39. The van der Waals surface area contributed by atoms with Gasteiger partial charge in [-0.05, 0) is 91.1 Å². The number of carbonyl (C=O) groups excluding carboxylic acids is 3. The van der Waals surface area contributed by atoms with E-state index in [4.69, 9.17) is 11.5 Å². The number of likely N-dealkylation sites (tertiary alicyclic amines) is 1. The smallest absolute Gasteiger partial charge is 0.340 e.